The second-order valence-corrected chi connectivity index (χ2v) is 44.1. The maximum Gasteiger partial charge on any atom is 0.254 e. The summed E-state index contributed by atoms with van der Waals surface area (Å²) < 4.78 is 42.9. The quantitative estimate of drug-likeness (QED) is 0.118. The number of rotatable bonds is 7. The minimum atomic E-state index is -2.37. The molecule has 610 valence electrons. The Hall–Kier alpha value is -7.93. The van der Waals surface area contributed by atoms with Crippen molar-refractivity contribution in [3.8, 4) is 78.8 Å². The van der Waals surface area contributed by atoms with Crippen LogP contribution < -0.4 is 0 Å². The maximum absolute atomic E-state index is 13.4. The molecule has 0 aromatic carbocycles. The monoisotopic (exact) mass is 1720 g/mol. The van der Waals surface area contributed by atoms with E-state index in [0.29, 0.717) is 78.7 Å². The zero-order valence-corrected chi connectivity index (χ0v) is 71.2. The standard InChI is InChI=1S/2C15H16N2S.C14H12F2N2S.4C12H12N2OS/c2*1-3-15(4-1)6-10(7-15)13-14-11(2-5-18-14)12-8-16-9-17(12)13;15-14(16)9-3-7(4-10(9)14)12-13-8(1-2-19-13)11-5-17-6-18(11)12;4*15-8-3-7(4-8)11-12-9(1-2-16-12)10-5-13-6-14(10)11/h2*2,5,8-10,13H,1,3-4,6-7H2;1-2,5-7,9-10,12H,3-4H2;4*1-2,5-8,11,15H,3-4H2/t;;7?,9-,10+,12-;4*7?,8?,11-/m..01100/s1. The molecule has 10 aliphatic carbocycles. The van der Waals surface area contributed by atoms with Gasteiger partial charge in [0.2, 0.25) is 0 Å². The molecule has 0 radical (unpaired) electrons. The van der Waals surface area contributed by atoms with Gasteiger partial charge in [-0.3, -0.25) is 0 Å². The molecule has 4 N–H and O–H groups in total. The highest BCUT2D eigenvalue weighted by Crippen LogP contribution is 2.70. The fourth-order valence-electron chi connectivity index (χ4n) is 24.8. The zero-order valence-electron chi connectivity index (χ0n) is 65.5. The van der Waals surface area contributed by atoms with Gasteiger partial charge in [0.1, 0.15) is 0 Å². The molecular weight excluding hydrogens is 1630 g/mol. The van der Waals surface area contributed by atoms with E-state index in [-0.39, 0.29) is 42.3 Å². The summed E-state index contributed by atoms with van der Waals surface area (Å²) >= 11 is 12.9. The lowest BCUT2D eigenvalue weighted by Crippen LogP contribution is -2.45. The Morgan fingerprint density at radius 3 is 0.630 bits per heavy atom. The molecule has 14 aromatic rings. The number of hydrogen-bond acceptors (Lipinski definition) is 18. The lowest BCUT2D eigenvalue weighted by atomic mass is 9.50. The van der Waals surface area contributed by atoms with Gasteiger partial charge in [0.05, 0.1) is 194 Å². The molecule has 119 heavy (non-hydrogen) atoms. The molecule has 17 aliphatic rings. The first-order chi connectivity index (χ1) is 58.3. The van der Waals surface area contributed by atoms with Crippen molar-refractivity contribution in [3.05, 3.63) is 202 Å². The molecule has 10 fully saturated rings. The van der Waals surface area contributed by atoms with Crippen molar-refractivity contribution in [2.75, 3.05) is 0 Å². The van der Waals surface area contributed by atoms with Gasteiger partial charge in [-0.15, -0.1) is 79.4 Å². The average Bonchev–Trinajstić information content (AvgIpc) is 1.53. The first-order valence-electron chi connectivity index (χ1n) is 43.1. The van der Waals surface area contributed by atoms with Gasteiger partial charge in [-0.1, -0.05) is 12.8 Å². The van der Waals surface area contributed by atoms with E-state index < -0.39 is 5.92 Å². The van der Waals surface area contributed by atoms with Crippen LogP contribution in [-0.4, -0.2) is 118 Å². The predicted molar refractivity (Wildman–Crippen MR) is 463 cm³/mol. The van der Waals surface area contributed by atoms with E-state index in [4.69, 9.17) is 0 Å². The van der Waals surface area contributed by atoms with Crippen molar-refractivity contribution in [2.24, 2.45) is 64.1 Å². The van der Waals surface area contributed by atoms with Crippen LogP contribution >= 0.6 is 79.4 Å². The van der Waals surface area contributed by atoms with Crippen LogP contribution in [0.4, 0.5) is 8.78 Å². The van der Waals surface area contributed by atoms with E-state index in [1.54, 1.807) is 21.1 Å². The number of halogens is 2. The first-order valence-corrected chi connectivity index (χ1v) is 49.2. The molecule has 2 spiro atoms. The lowest BCUT2D eigenvalue weighted by Gasteiger charge is -2.56. The van der Waals surface area contributed by atoms with Crippen LogP contribution in [0.25, 0.3) is 78.8 Å². The Balaban J connectivity index is 0.0000000772. The predicted octanol–water partition coefficient (Wildman–Crippen LogP) is 21.1. The SMILES string of the molecule is FC1(F)[C@@H]2CC([C@H]3c4sccc4-c4cncn43)C[C@@H]21.OC1CC([C@@H]2c3sccc3-c3cncn32)C1.OC1CC([C@@H]2c3sccc3-c3cncn32)C1.OC1CC([C@H]2c3sccc3-c3cncn32)C1.OC1CC([C@H]2c3sccc3-c3cncn32)C1.c1cc2c(s1)C(C1CC3(CCC3)C1)n1cncc1-2.c1cc2c(s1)C(C1CC3(CCC3)C1)n1cncc1-2. The number of imidazole rings is 7. The number of aromatic nitrogens is 14. The Labute approximate surface area is 715 Å². The van der Waals surface area contributed by atoms with Gasteiger partial charge in [0.15, 0.2) is 0 Å². The molecule has 21 heterocycles. The summed E-state index contributed by atoms with van der Waals surface area (Å²) in [6.45, 7) is 0. The average molecular weight is 1720 g/mol. The van der Waals surface area contributed by atoms with Gasteiger partial charge in [0, 0.05) is 84.9 Å². The fraction of sp³-hybridized carbons (Fsp3) is 0.467. The highest BCUT2D eigenvalue weighted by Gasteiger charge is 2.72. The molecule has 0 amide bonds. The van der Waals surface area contributed by atoms with Crippen LogP contribution in [0.3, 0.4) is 0 Å². The van der Waals surface area contributed by atoms with Crippen LogP contribution in [-0.2, 0) is 0 Å². The number of aliphatic hydroxyl groups is 4. The Morgan fingerprint density at radius 1 is 0.269 bits per heavy atom. The summed E-state index contributed by atoms with van der Waals surface area (Å²) in [7, 11) is 0. The fourth-order valence-corrected chi connectivity index (χ4v) is 32.5. The smallest absolute Gasteiger partial charge is 0.254 e. The minimum absolute atomic E-state index is 0.0824. The summed E-state index contributed by atoms with van der Waals surface area (Å²) in [4.78, 5) is 40.2. The molecule has 7 aliphatic heterocycles. The number of aliphatic hydroxyl groups excluding tert-OH is 4. The number of fused-ring (bicyclic) bond motifs is 22. The maximum atomic E-state index is 13.4. The number of hydrogen-bond donors (Lipinski definition) is 4. The Bertz CT molecular complexity index is 5310. The van der Waals surface area contributed by atoms with Gasteiger partial charge < -0.3 is 52.4 Å². The molecule has 14 aromatic heterocycles. The number of thiophene rings is 7. The Kier molecular flexibility index (Phi) is 17.4. The second-order valence-electron chi connectivity index (χ2n) is 37.5. The van der Waals surface area contributed by atoms with E-state index in [1.165, 1.54) is 162 Å². The van der Waals surface area contributed by atoms with Crippen molar-refractivity contribution < 1.29 is 29.2 Å². The van der Waals surface area contributed by atoms with E-state index in [0.717, 1.165) is 79.7 Å². The number of nitrogens with zero attached hydrogens (tertiary/aromatic N) is 14. The molecule has 10 saturated carbocycles. The van der Waals surface area contributed by atoms with Crippen LogP contribution in [0.5, 0.6) is 0 Å². The molecule has 3 unspecified atom stereocenters. The third-order valence-electron chi connectivity index (χ3n) is 31.3. The molecular formula is C92H92F2N14O4S7. The summed E-state index contributed by atoms with van der Waals surface area (Å²) in [6.07, 6.45) is 50.5. The summed E-state index contributed by atoms with van der Waals surface area (Å²) in [5, 5.41) is 53.0. The topological polar surface area (TPSA) is 206 Å². The zero-order chi connectivity index (χ0) is 79.1. The van der Waals surface area contributed by atoms with Crippen molar-refractivity contribution in [3.63, 3.8) is 0 Å². The van der Waals surface area contributed by atoms with Crippen LogP contribution in [0, 0.1) is 64.1 Å². The van der Waals surface area contributed by atoms with Gasteiger partial charge >= 0.3 is 0 Å². The van der Waals surface area contributed by atoms with Crippen molar-refractivity contribution in [1.29, 1.82) is 0 Å². The molecule has 0 saturated heterocycles. The Morgan fingerprint density at radius 2 is 0.454 bits per heavy atom. The normalized spacial score (nSPS) is 31.8. The van der Waals surface area contributed by atoms with Gasteiger partial charge in [-0.2, -0.15) is 0 Å². The summed E-state index contributed by atoms with van der Waals surface area (Å²) in [5.41, 5.74) is 19.8. The summed E-state index contributed by atoms with van der Waals surface area (Å²) in [5.74, 6) is 1.34. The third-order valence-corrected chi connectivity index (χ3v) is 38.2. The van der Waals surface area contributed by atoms with Crippen LogP contribution in [0.1, 0.15) is 205 Å². The van der Waals surface area contributed by atoms with Crippen LogP contribution in [0.15, 0.2) is 168 Å². The van der Waals surface area contributed by atoms with Crippen molar-refractivity contribution in [1.82, 2.24) is 66.9 Å². The van der Waals surface area contributed by atoms with E-state index in [2.05, 4.69) is 147 Å². The molecule has 18 nitrogen and oxygen atoms in total. The second kappa shape index (κ2) is 28.0. The van der Waals surface area contributed by atoms with Gasteiger partial charge in [-0.25, -0.2) is 43.7 Å². The largest absolute Gasteiger partial charge is 0.393 e. The van der Waals surface area contributed by atoms with E-state index in [1.807, 2.05) is 156 Å². The first kappa shape index (κ1) is 73.8. The molecule has 10 atom stereocenters. The minimum Gasteiger partial charge on any atom is -0.393 e. The van der Waals surface area contributed by atoms with Crippen molar-refractivity contribution in [2.45, 2.75) is 201 Å². The van der Waals surface area contributed by atoms with E-state index >= 15 is 0 Å². The van der Waals surface area contributed by atoms with Crippen molar-refractivity contribution >= 4 is 79.4 Å². The van der Waals surface area contributed by atoms with Crippen LogP contribution in [0.2, 0.25) is 0 Å². The molecule has 31 rings (SSSR count). The molecule has 0 bridgehead atoms. The third kappa shape index (κ3) is 11.5. The van der Waals surface area contributed by atoms with E-state index in [9.17, 15) is 29.2 Å². The summed E-state index contributed by atoms with van der Waals surface area (Å²) in [6, 6.07) is 18.5. The highest BCUT2D eigenvalue weighted by atomic mass is 32.1. The highest BCUT2D eigenvalue weighted by molar-refractivity contribution is 7.12. The number of alkyl halides is 2. The van der Waals surface area contributed by atoms with Gasteiger partial charge in [0.25, 0.3) is 5.92 Å². The lowest BCUT2D eigenvalue weighted by molar-refractivity contribution is -0.0387. The van der Waals surface area contributed by atoms with Gasteiger partial charge in [-0.05, 0) is 248 Å². The molecule has 27 heteroatoms.